The van der Waals surface area contributed by atoms with Gasteiger partial charge in [-0.25, -0.2) is 4.79 Å². The number of rotatable bonds is 12. The zero-order chi connectivity index (χ0) is 54.5. The third kappa shape index (κ3) is 16.1. The first-order valence-corrected chi connectivity index (χ1v) is 29.3. The minimum absolute atomic E-state index is 0.0773. The number of hydrogen-bond acceptors (Lipinski definition) is 11. The third-order valence-electron chi connectivity index (χ3n) is 16.0. The molecule has 6 aromatic rings. The molecular weight excluding hydrogens is 1020 g/mol. The maximum atomic E-state index is 13.1. The van der Waals surface area contributed by atoms with Crippen LogP contribution in [0, 0.1) is 10.8 Å². The summed E-state index contributed by atoms with van der Waals surface area (Å²) in [6.45, 7) is 15.4. The normalized spacial score (nSPS) is 17.6. The number of likely N-dealkylation sites (N-methyl/N-ethyl adjacent to an activating group) is 2. The lowest BCUT2D eigenvalue weighted by molar-refractivity contribution is 0.0895. The molecule has 4 aliphatic rings. The van der Waals surface area contributed by atoms with Gasteiger partial charge in [0.25, 0.3) is 0 Å². The number of nitrogens with one attached hydrogen (secondary N) is 1. The second-order valence-corrected chi connectivity index (χ2v) is 24.4. The quantitative estimate of drug-likeness (QED) is 0.0471. The number of piperazine rings is 2. The molecule has 4 aliphatic heterocycles. The summed E-state index contributed by atoms with van der Waals surface area (Å²) in [5.74, 6) is 0.188. The standard InChI is InChI=1S/C31H38N4O2S.C25H28N2OS.C6H11ClN2O/c1-31(11-13-34(14-12-31)30(37)35-17-15-33(2)16-18-35)22-23-5-7-24(8-6-23)28(36)21-26-20-25(9-10-27(26)32)29-4-3-19-38-29;1-25(10-12-27-13-11-25)17-18-4-6-19(7-5-18)23(28)16-21-15-20(8-9-22(21)26)24-3-2-14-29-24;1-8-2-4-9(5-3-8)6(7)10/h3-10,19-20H,11-18,21-22,32H2,1-2H3;2-9,14-15,27H,10-13,16-17,26H2,1H3;2-5H2,1H3. The maximum Gasteiger partial charge on any atom is 0.320 e. The van der Waals surface area contributed by atoms with E-state index >= 15 is 0 Å². The van der Waals surface area contributed by atoms with E-state index in [2.05, 4.69) is 83.2 Å². The molecule has 0 spiro atoms. The predicted octanol–water partition coefficient (Wildman–Crippen LogP) is 11.4. The second kappa shape index (κ2) is 26.7. The highest BCUT2D eigenvalue weighted by atomic mass is 35.5. The molecule has 12 nitrogen and oxygen atoms in total. The van der Waals surface area contributed by atoms with Gasteiger partial charge in [0, 0.05) is 111 Å². The van der Waals surface area contributed by atoms with E-state index < -0.39 is 0 Å². The molecule has 0 atom stereocenters. The number of nitrogen functional groups attached to an aromatic ring is 2. The van der Waals surface area contributed by atoms with Crippen molar-refractivity contribution in [3.63, 3.8) is 0 Å². The van der Waals surface area contributed by atoms with E-state index in [0.29, 0.717) is 35.2 Å². The highest BCUT2D eigenvalue weighted by Gasteiger charge is 2.34. The highest BCUT2D eigenvalue weighted by Crippen LogP contribution is 2.36. The highest BCUT2D eigenvalue weighted by molar-refractivity contribution is 7.13. The molecule has 5 N–H and O–H groups in total. The van der Waals surface area contributed by atoms with Gasteiger partial charge in [-0.05, 0) is 169 Å². The summed E-state index contributed by atoms with van der Waals surface area (Å²) in [7, 11) is 4.15. The Bertz CT molecular complexity index is 2880. The number of carbonyl (C=O) groups excluding carboxylic acids is 4. The van der Waals surface area contributed by atoms with Gasteiger partial charge >= 0.3 is 11.4 Å². The van der Waals surface area contributed by atoms with Crippen molar-refractivity contribution < 1.29 is 19.2 Å². The van der Waals surface area contributed by atoms with Crippen LogP contribution in [0.4, 0.5) is 21.0 Å². The fraction of sp³-hybridized carbons (Fsp3) is 0.419. The van der Waals surface area contributed by atoms with Crippen molar-refractivity contribution in [1.29, 1.82) is 0 Å². The summed E-state index contributed by atoms with van der Waals surface area (Å²) >= 11 is 8.64. The smallest absolute Gasteiger partial charge is 0.320 e. The first-order chi connectivity index (χ1) is 37.0. The average molecular weight is 1100 g/mol. The van der Waals surface area contributed by atoms with E-state index in [1.165, 1.54) is 33.7 Å². The summed E-state index contributed by atoms with van der Waals surface area (Å²) in [6.07, 6.45) is 7.03. The Morgan fingerprint density at radius 1 is 0.532 bits per heavy atom. The SMILES string of the molecule is CC1(Cc2ccc(C(=O)Cc3cc(-c4cccs4)ccc3N)cc2)CCNCC1.CN1CCN(C(=O)Cl)CC1.CN1CCN(C(=O)N2CCC(C)(Cc3ccc(C(=O)Cc4cc(-c5cccs5)ccc4N)cc3)CC2)CC1. The van der Waals surface area contributed by atoms with Crippen molar-refractivity contribution in [1.82, 2.24) is 29.8 Å². The van der Waals surface area contributed by atoms with Crippen LogP contribution in [-0.2, 0) is 25.7 Å². The second-order valence-electron chi connectivity index (χ2n) is 22.2. The van der Waals surface area contributed by atoms with Crippen LogP contribution in [-0.4, -0.2) is 140 Å². The van der Waals surface area contributed by atoms with Crippen LogP contribution in [0.2, 0.25) is 0 Å². The van der Waals surface area contributed by atoms with Crippen LogP contribution in [0.25, 0.3) is 20.9 Å². The number of nitrogens with two attached hydrogens (primary N) is 2. The van der Waals surface area contributed by atoms with Crippen LogP contribution < -0.4 is 16.8 Å². The van der Waals surface area contributed by atoms with Gasteiger partial charge in [-0.2, -0.15) is 0 Å². The largest absolute Gasteiger partial charge is 0.398 e. The number of halogens is 1. The van der Waals surface area contributed by atoms with Gasteiger partial charge in [-0.1, -0.05) is 86.6 Å². The molecule has 0 aliphatic carbocycles. The molecule has 4 aromatic carbocycles. The van der Waals surface area contributed by atoms with Crippen LogP contribution in [0.1, 0.15) is 82.5 Å². The molecule has 4 fully saturated rings. The van der Waals surface area contributed by atoms with E-state index in [1.54, 1.807) is 27.6 Å². The Kier molecular flexibility index (Phi) is 19.8. The summed E-state index contributed by atoms with van der Waals surface area (Å²) in [6, 6.07) is 36.6. The zero-order valence-corrected chi connectivity index (χ0v) is 47.8. The number of nitrogens with zero attached hydrogens (tertiary/aromatic N) is 5. The van der Waals surface area contributed by atoms with E-state index in [9.17, 15) is 19.2 Å². The van der Waals surface area contributed by atoms with Crippen LogP contribution in [0.15, 0.2) is 120 Å². The minimum atomic E-state index is -0.326. The fourth-order valence-corrected chi connectivity index (χ4v) is 12.3. The third-order valence-corrected chi connectivity index (χ3v) is 18.1. The number of ketones is 2. The van der Waals surface area contributed by atoms with Crippen molar-refractivity contribution >= 4 is 68.6 Å². The molecule has 15 heteroatoms. The summed E-state index contributed by atoms with van der Waals surface area (Å²) < 4.78 is 0. The molecule has 3 amide bonds. The first kappa shape index (κ1) is 57.3. The summed E-state index contributed by atoms with van der Waals surface area (Å²) in [5.41, 5.74) is 22.2. The molecule has 0 unspecified atom stereocenters. The average Bonchev–Trinajstić information content (AvgIpc) is 4.18. The molecule has 10 rings (SSSR count). The Balaban J connectivity index is 0.000000177. The molecule has 408 valence electrons. The van der Waals surface area contributed by atoms with Crippen molar-refractivity contribution in [3.05, 3.63) is 153 Å². The Labute approximate surface area is 469 Å². The lowest BCUT2D eigenvalue weighted by atomic mass is 9.75. The van der Waals surface area contributed by atoms with Crippen molar-refractivity contribution in [2.24, 2.45) is 10.8 Å². The molecular formula is C62H77ClN8O4S2. The predicted molar refractivity (Wildman–Crippen MR) is 319 cm³/mol. The van der Waals surface area contributed by atoms with Crippen molar-refractivity contribution in [3.8, 4) is 20.9 Å². The topological polar surface area (TPSA) is 149 Å². The van der Waals surface area contributed by atoms with Crippen LogP contribution in [0.5, 0.6) is 0 Å². The minimum Gasteiger partial charge on any atom is -0.398 e. The van der Waals surface area contributed by atoms with E-state index in [1.807, 2.05) is 89.6 Å². The van der Waals surface area contributed by atoms with Gasteiger partial charge in [-0.15, -0.1) is 22.7 Å². The molecule has 0 bridgehead atoms. The van der Waals surface area contributed by atoms with Crippen LogP contribution in [0.3, 0.4) is 0 Å². The number of carbonyl (C=O) groups is 4. The fourth-order valence-electron chi connectivity index (χ4n) is 10.7. The van der Waals surface area contributed by atoms with Crippen molar-refractivity contribution in [2.45, 2.75) is 65.2 Å². The molecule has 2 aromatic heterocycles. The van der Waals surface area contributed by atoms with Gasteiger partial charge in [0.05, 0.1) is 0 Å². The zero-order valence-electron chi connectivity index (χ0n) is 45.4. The number of anilines is 2. The van der Waals surface area contributed by atoms with Crippen molar-refractivity contribution in [2.75, 3.05) is 104 Å². The van der Waals surface area contributed by atoms with Gasteiger partial charge < -0.3 is 41.3 Å². The van der Waals surface area contributed by atoms with Gasteiger partial charge in [0.2, 0.25) is 0 Å². The Morgan fingerprint density at radius 2 is 0.935 bits per heavy atom. The molecule has 77 heavy (non-hydrogen) atoms. The number of likely N-dealkylation sites (tertiary alicyclic amines) is 1. The number of Topliss-reactive ketones (excluding diaryl/α,β-unsaturated/α-hetero) is 2. The number of urea groups is 1. The Morgan fingerprint density at radius 3 is 1.34 bits per heavy atom. The molecule has 4 saturated heterocycles. The summed E-state index contributed by atoms with van der Waals surface area (Å²) in [5, 5.41) is 7.22. The lowest BCUT2D eigenvalue weighted by Gasteiger charge is -2.42. The number of thiophene rings is 2. The molecule has 6 heterocycles. The number of hydrogen-bond donors (Lipinski definition) is 3. The number of amides is 3. The van der Waals surface area contributed by atoms with Gasteiger partial charge in [0.1, 0.15) is 0 Å². The van der Waals surface area contributed by atoms with E-state index in [4.69, 9.17) is 23.1 Å². The van der Waals surface area contributed by atoms with E-state index in [0.717, 1.165) is 132 Å². The number of piperidine rings is 2. The molecule has 0 saturated carbocycles. The monoisotopic (exact) mass is 1100 g/mol. The first-order valence-electron chi connectivity index (χ1n) is 27.2. The molecule has 0 radical (unpaired) electrons. The lowest BCUT2D eigenvalue weighted by Crippen LogP contribution is -2.54. The maximum absolute atomic E-state index is 13.1. The van der Waals surface area contributed by atoms with Gasteiger partial charge in [0.15, 0.2) is 11.6 Å². The van der Waals surface area contributed by atoms with Gasteiger partial charge in [-0.3, -0.25) is 14.4 Å². The summed E-state index contributed by atoms with van der Waals surface area (Å²) in [4.78, 5) is 62.0. The van der Waals surface area contributed by atoms with E-state index in [-0.39, 0.29) is 28.4 Å². The van der Waals surface area contributed by atoms with Crippen LogP contribution >= 0.6 is 34.3 Å². The number of benzene rings is 4. The Hall–Kier alpha value is -5.87.